The molecule has 0 aliphatic carbocycles. The molecule has 0 radical (unpaired) electrons. The third-order valence-electron chi connectivity index (χ3n) is 3.39. The third-order valence-corrected chi connectivity index (χ3v) is 3.60. The highest BCUT2D eigenvalue weighted by Crippen LogP contribution is 2.21. The Morgan fingerprint density at radius 3 is 2.83 bits per heavy atom. The molecular weight excluding hydrogens is 244 g/mol. The Hall–Kier alpha value is -1.38. The van der Waals surface area contributed by atoms with Gasteiger partial charge in [0.15, 0.2) is 0 Å². The first-order valence-electron chi connectivity index (χ1n) is 6.21. The molecule has 0 saturated heterocycles. The fourth-order valence-electron chi connectivity index (χ4n) is 2.44. The van der Waals surface area contributed by atoms with Crippen LogP contribution in [0.3, 0.4) is 0 Å². The van der Waals surface area contributed by atoms with Gasteiger partial charge in [-0.1, -0.05) is 41.9 Å². The second-order valence-corrected chi connectivity index (χ2v) is 5.11. The van der Waals surface area contributed by atoms with E-state index in [1.54, 1.807) is 0 Å². The molecule has 0 saturated carbocycles. The van der Waals surface area contributed by atoms with Crippen molar-refractivity contribution in [1.29, 1.82) is 0 Å². The number of pyridine rings is 1. The Morgan fingerprint density at radius 2 is 2.00 bits per heavy atom. The van der Waals surface area contributed by atoms with Crippen LogP contribution >= 0.6 is 11.6 Å². The van der Waals surface area contributed by atoms with Gasteiger partial charge in [-0.05, 0) is 29.2 Å². The highest BCUT2D eigenvalue weighted by atomic mass is 35.5. The predicted octanol–water partition coefficient (Wildman–Crippen LogP) is 3.29. The Bertz CT molecular complexity index is 539. The van der Waals surface area contributed by atoms with Crippen LogP contribution in [0.25, 0.3) is 0 Å². The van der Waals surface area contributed by atoms with Crippen LogP contribution in [0.2, 0.25) is 5.15 Å². The summed E-state index contributed by atoms with van der Waals surface area (Å²) in [6, 6.07) is 12.6. The fraction of sp³-hybridized carbons (Fsp3) is 0.267. The SMILES string of the molecule is Clc1cc2c(cn1)CCN(Cc1ccccc1)C2. The van der Waals surface area contributed by atoms with Crippen molar-refractivity contribution in [3.05, 3.63) is 64.4 Å². The molecule has 3 heteroatoms. The van der Waals surface area contributed by atoms with Gasteiger partial charge in [-0.25, -0.2) is 4.98 Å². The van der Waals surface area contributed by atoms with E-state index >= 15 is 0 Å². The molecule has 18 heavy (non-hydrogen) atoms. The van der Waals surface area contributed by atoms with Crippen LogP contribution in [0.4, 0.5) is 0 Å². The normalized spacial score (nSPS) is 15.4. The molecule has 0 fully saturated rings. The molecule has 1 aliphatic rings. The van der Waals surface area contributed by atoms with Crippen LogP contribution in [0, 0.1) is 0 Å². The third kappa shape index (κ3) is 2.55. The van der Waals surface area contributed by atoms with Crippen molar-refractivity contribution in [3.63, 3.8) is 0 Å². The van der Waals surface area contributed by atoms with Gasteiger partial charge in [0, 0.05) is 25.8 Å². The first-order valence-corrected chi connectivity index (χ1v) is 6.58. The standard InChI is InChI=1S/C15H15ClN2/c16-15-8-14-11-18(7-6-13(14)9-17-15)10-12-4-2-1-3-5-12/h1-5,8-9H,6-7,10-11H2. The van der Waals surface area contributed by atoms with Gasteiger partial charge in [-0.15, -0.1) is 0 Å². The molecule has 3 rings (SSSR count). The van der Waals surface area contributed by atoms with Crippen LogP contribution in [0.1, 0.15) is 16.7 Å². The average molecular weight is 259 g/mol. The lowest BCUT2D eigenvalue weighted by atomic mass is 10.0. The Labute approximate surface area is 112 Å². The number of nitrogens with zero attached hydrogens (tertiary/aromatic N) is 2. The summed E-state index contributed by atoms with van der Waals surface area (Å²) in [5.74, 6) is 0. The van der Waals surface area contributed by atoms with E-state index in [1.165, 1.54) is 16.7 Å². The topological polar surface area (TPSA) is 16.1 Å². The summed E-state index contributed by atoms with van der Waals surface area (Å²) < 4.78 is 0. The lowest BCUT2D eigenvalue weighted by molar-refractivity contribution is 0.245. The maximum Gasteiger partial charge on any atom is 0.129 e. The van der Waals surface area contributed by atoms with Crippen molar-refractivity contribution in [2.75, 3.05) is 6.54 Å². The van der Waals surface area contributed by atoms with Gasteiger partial charge in [0.05, 0.1) is 0 Å². The van der Waals surface area contributed by atoms with E-state index in [4.69, 9.17) is 11.6 Å². The zero-order chi connectivity index (χ0) is 12.4. The Morgan fingerprint density at radius 1 is 1.17 bits per heavy atom. The first-order chi connectivity index (χ1) is 8.81. The number of fused-ring (bicyclic) bond motifs is 1. The smallest absolute Gasteiger partial charge is 0.129 e. The highest BCUT2D eigenvalue weighted by molar-refractivity contribution is 6.29. The maximum absolute atomic E-state index is 5.95. The molecule has 2 heterocycles. The van der Waals surface area contributed by atoms with Crippen LogP contribution in [-0.4, -0.2) is 16.4 Å². The van der Waals surface area contributed by atoms with Crippen molar-refractivity contribution in [2.45, 2.75) is 19.5 Å². The number of benzene rings is 1. The molecule has 2 aromatic rings. The molecular formula is C15H15ClN2. The summed E-state index contributed by atoms with van der Waals surface area (Å²) in [6.45, 7) is 3.05. The summed E-state index contributed by atoms with van der Waals surface area (Å²) in [6.07, 6.45) is 2.98. The molecule has 1 aromatic heterocycles. The second kappa shape index (κ2) is 5.09. The van der Waals surface area contributed by atoms with Gasteiger partial charge in [0.1, 0.15) is 5.15 Å². The minimum absolute atomic E-state index is 0.593. The van der Waals surface area contributed by atoms with E-state index in [-0.39, 0.29) is 0 Å². The fourth-order valence-corrected chi connectivity index (χ4v) is 2.62. The van der Waals surface area contributed by atoms with Crippen molar-refractivity contribution in [2.24, 2.45) is 0 Å². The lowest BCUT2D eigenvalue weighted by Gasteiger charge is -2.28. The van der Waals surface area contributed by atoms with Gasteiger partial charge in [0.2, 0.25) is 0 Å². The minimum Gasteiger partial charge on any atom is -0.294 e. The van der Waals surface area contributed by atoms with Crippen molar-refractivity contribution < 1.29 is 0 Å². The van der Waals surface area contributed by atoms with Gasteiger partial charge >= 0.3 is 0 Å². The minimum atomic E-state index is 0.593. The lowest BCUT2D eigenvalue weighted by Crippen LogP contribution is -2.30. The van der Waals surface area contributed by atoms with E-state index in [1.807, 2.05) is 12.3 Å². The van der Waals surface area contributed by atoms with Crippen molar-refractivity contribution >= 4 is 11.6 Å². The zero-order valence-corrected chi connectivity index (χ0v) is 10.9. The van der Waals surface area contributed by atoms with Gasteiger partial charge in [-0.2, -0.15) is 0 Å². The second-order valence-electron chi connectivity index (χ2n) is 4.72. The van der Waals surface area contributed by atoms with Crippen LogP contribution in [0.15, 0.2) is 42.6 Å². The molecule has 0 amide bonds. The number of halogens is 1. The molecule has 2 nitrogen and oxygen atoms in total. The van der Waals surface area contributed by atoms with Crippen molar-refractivity contribution in [3.8, 4) is 0 Å². The molecule has 92 valence electrons. The number of aromatic nitrogens is 1. The number of rotatable bonds is 2. The summed E-state index contributed by atoms with van der Waals surface area (Å²) in [7, 11) is 0. The van der Waals surface area contributed by atoms with Crippen molar-refractivity contribution in [1.82, 2.24) is 9.88 Å². The van der Waals surface area contributed by atoms with E-state index in [2.05, 4.69) is 40.2 Å². The van der Waals surface area contributed by atoms with E-state index in [0.717, 1.165) is 26.1 Å². The molecule has 1 aliphatic heterocycles. The molecule has 0 unspecified atom stereocenters. The molecule has 0 bridgehead atoms. The monoisotopic (exact) mass is 258 g/mol. The molecule has 1 aromatic carbocycles. The Balaban J connectivity index is 1.75. The predicted molar refractivity (Wildman–Crippen MR) is 73.5 cm³/mol. The van der Waals surface area contributed by atoms with E-state index in [9.17, 15) is 0 Å². The Kier molecular flexibility index (Phi) is 3.31. The molecule has 0 atom stereocenters. The zero-order valence-electron chi connectivity index (χ0n) is 10.1. The molecule has 0 spiro atoms. The molecule has 0 N–H and O–H groups in total. The van der Waals surface area contributed by atoms with Crippen LogP contribution in [0.5, 0.6) is 0 Å². The summed E-state index contributed by atoms with van der Waals surface area (Å²) in [5, 5.41) is 0.593. The number of hydrogen-bond acceptors (Lipinski definition) is 2. The van der Waals surface area contributed by atoms with Gasteiger partial charge < -0.3 is 0 Å². The van der Waals surface area contributed by atoms with Gasteiger partial charge in [0.25, 0.3) is 0 Å². The summed E-state index contributed by atoms with van der Waals surface area (Å²) in [5.41, 5.74) is 4.02. The highest BCUT2D eigenvalue weighted by Gasteiger charge is 2.16. The average Bonchev–Trinajstić information content (AvgIpc) is 2.39. The van der Waals surface area contributed by atoms with E-state index in [0.29, 0.717) is 5.15 Å². The van der Waals surface area contributed by atoms with Crippen LogP contribution in [-0.2, 0) is 19.5 Å². The first kappa shape index (κ1) is 11.7. The van der Waals surface area contributed by atoms with E-state index < -0.39 is 0 Å². The summed E-state index contributed by atoms with van der Waals surface area (Å²) in [4.78, 5) is 6.60. The van der Waals surface area contributed by atoms with Gasteiger partial charge in [-0.3, -0.25) is 4.90 Å². The number of hydrogen-bond donors (Lipinski definition) is 0. The van der Waals surface area contributed by atoms with Crippen LogP contribution < -0.4 is 0 Å². The maximum atomic E-state index is 5.95. The summed E-state index contributed by atoms with van der Waals surface area (Å²) >= 11 is 5.95. The quantitative estimate of drug-likeness (QED) is 0.769. The largest absolute Gasteiger partial charge is 0.294 e.